The maximum absolute atomic E-state index is 12.3. The Hall–Kier alpha value is -2.04. The van der Waals surface area contributed by atoms with E-state index in [4.69, 9.17) is 0 Å². The van der Waals surface area contributed by atoms with Crippen LogP contribution in [0.2, 0.25) is 0 Å². The highest BCUT2D eigenvalue weighted by Gasteiger charge is 2.32. The quantitative estimate of drug-likeness (QED) is 0.818. The van der Waals surface area contributed by atoms with Crippen molar-refractivity contribution in [2.75, 3.05) is 20.2 Å². The summed E-state index contributed by atoms with van der Waals surface area (Å²) in [7, 11) is 1.35. The lowest BCUT2D eigenvalue weighted by molar-refractivity contribution is -0.144. The largest absolute Gasteiger partial charge is 0.507 e. The molecule has 0 bridgehead atoms. The summed E-state index contributed by atoms with van der Waals surface area (Å²) in [6, 6.07) is 5.07. The van der Waals surface area contributed by atoms with Gasteiger partial charge in [0.25, 0.3) is 5.91 Å². The molecule has 0 aromatic heterocycles. The van der Waals surface area contributed by atoms with Crippen molar-refractivity contribution in [2.45, 2.75) is 13.3 Å². The molecule has 1 aliphatic heterocycles. The fourth-order valence-electron chi connectivity index (χ4n) is 2.31. The molecule has 1 N–H and O–H groups in total. The molecule has 19 heavy (non-hydrogen) atoms. The predicted molar refractivity (Wildman–Crippen MR) is 68.9 cm³/mol. The van der Waals surface area contributed by atoms with E-state index in [1.807, 2.05) is 0 Å². The summed E-state index contributed by atoms with van der Waals surface area (Å²) in [5.74, 6) is -0.786. The number of para-hydroxylation sites is 1. The van der Waals surface area contributed by atoms with Crippen LogP contribution < -0.4 is 0 Å². The molecule has 0 spiro atoms. The number of hydrogen-bond acceptors (Lipinski definition) is 4. The number of ether oxygens (including phenoxy) is 1. The van der Waals surface area contributed by atoms with Crippen molar-refractivity contribution in [3.63, 3.8) is 0 Å². The Labute approximate surface area is 111 Å². The highest BCUT2D eigenvalue weighted by molar-refractivity contribution is 5.97. The first-order chi connectivity index (χ1) is 9.04. The van der Waals surface area contributed by atoms with Gasteiger partial charge < -0.3 is 14.7 Å². The van der Waals surface area contributed by atoms with E-state index < -0.39 is 0 Å². The molecule has 1 atom stereocenters. The minimum absolute atomic E-state index is 0.00835. The number of phenolic OH excluding ortho intramolecular Hbond substituents is 1. The number of nitrogens with zero attached hydrogens (tertiary/aromatic N) is 1. The van der Waals surface area contributed by atoms with Crippen molar-refractivity contribution in [2.24, 2.45) is 5.92 Å². The average Bonchev–Trinajstić information content (AvgIpc) is 2.90. The smallest absolute Gasteiger partial charge is 0.310 e. The second kappa shape index (κ2) is 5.30. The van der Waals surface area contributed by atoms with Gasteiger partial charge in [-0.1, -0.05) is 12.1 Å². The van der Waals surface area contributed by atoms with Gasteiger partial charge in [-0.15, -0.1) is 0 Å². The first kappa shape index (κ1) is 13.4. The summed E-state index contributed by atoms with van der Waals surface area (Å²) in [5.41, 5.74) is 0.945. The van der Waals surface area contributed by atoms with Gasteiger partial charge in [0.05, 0.1) is 18.6 Å². The Balaban J connectivity index is 2.14. The fraction of sp³-hybridized carbons (Fsp3) is 0.429. The van der Waals surface area contributed by atoms with E-state index in [-0.39, 0.29) is 29.1 Å². The van der Waals surface area contributed by atoms with Crippen LogP contribution in [0.4, 0.5) is 0 Å². The number of carbonyl (C=O) groups excluding carboxylic acids is 2. The van der Waals surface area contributed by atoms with E-state index in [0.717, 1.165) is 0 Å². The number of aryl methyl sites for hydroxylation is 1. The van der Waals surface area contributed by atoms with Gasteiger partial charge in [-0.2, -0.15) is 0 Å². The highest BCUT2D eigenvalue weighted by atomic mass is 16.5. The van der Waals surface area contributed by atoms with E-state index in [1.54, 1.807) is 30.0 Å². The average molecular weight is 263 g/mol. The second-order valence-electron chi connectivity index (χ2n) is 4.73. The summed E-state index contributed by atoms with van der Waals surface area (Å²) in [6.07, 6.45) is 0.602. The molecule has 1 aromatic rings. The van der Waals surface area contributed by atoms with Gasteiger partial charge in [0, 0.05) is 13.1 Å². The number of carbonyl (C=O) groups is 2. The van der Waals surface area contributed by atoms with E-state index in [9.17, 15) is 14.7 Å². The standard InChI is InChI=1S/C14H17NO4/c1-9-4-3-5-11(12(9)16)13(17)15-7-6-10(8-15)14(18)19-2/h3-5,10,16H,6-8H2,1-2H3. The van der Waals surface area contributed by atoms with Gasteiger partial charge >= 0.3 is 5.97 Å². The fourth-order valence-corrected chi connectivity index (χ4v) is 2.31. The van der Waals surface area contributed by atoms with Gasteiger partial charge in [0.1, 0.15) is 5.75 Å². The van der Waals surface area contributed by atoms with E-state index in [2.05, 4.69) is 4.74 Å². The molecule has 5 heteroatoms. The summed E-state index contributed by atoms with van der Waals surface area (Å²) in [6.45, 7) is 2.60. The minimum atomic E-state index is -0.288. The van der Waals surface area contributed by atoms with Crippen molar-refractivity contribution < 1.29 is 19.4 Å². The number of hydrogen-bond donors (Lipinski definition) is 1. The van der Waals surface area contributed by atoms with Gasteiger partial charge in [0.2, 0.25) is 0 Å². The van der Waals surface area contributed by atoms with Crippen LogP contribution in [0.5, 0.6) is 5.75 Å². The van der Waals surface area contributed by atoms with Crippen LogP contribution in [0.15, 0.2) is 18.2 Å². The third kappa shape index (κ3) is 2.54. The summed E-state index contributed by atoms with van der Waals surface area (Å²) in [5, 5.41) is 9.91. The molecule has 0 aliphatic carbocycles. The number of amides is 1. The lowest BCUT2D eigenvalue weighted by Crippen LogP contribution is -2.30. The third-order valence-corrected chi connectivity index (χ3v) is 3.48. The highest BCUT2D eigenvalue weighted by Crippen LogP contribution is 2.26. The van der Waals surface area contributed by atoms with Crippen molar-refractivity contribution in [1.82, 2.24) is 4.90 Å². The second-order valence-corrected chi connectivity index (χ2v) is 4.73. The zero-order chi connectivity index (χ0) is 14.0. The predicted octanol–water partition coefficient (Wildman–Crippen LogP) is 1.34. The van der Waals surface area contributed by atoms with Crippen molar-refractivity contribution in [3.05, 3.63) is 29.3 Å². The molecule has 102 valence electrons. The SMILES string of the molecule is COC(=O)C1CCN(C(=O)c2cccc(C)c2O)C1. The number of aromatic hydroxyl groups is 1. The number of likely N-dealkylation sites (tertiary alicyclic amines) is 1. The lowest BCUT2D eigenvalue weighted by Gasteiger charge is -2.17. The van der Waals surface area contributed by atoms with Crippen LogP contribution in [0.1, 0.15) is 22.3 Å². The van der Waals surface area contributed by atoms with Crippen LogP contribution in [-0.4, -0.2) is 42.1 Å². The third-order valence-electron chi connectivity index (χ3n) is 3.48. The number of benzene rings is 1. The Bertz CT molecular complexity index is 512. The Morgan fingerprint density at radius 1 is 1.42 bits per heavy atom. The molecular formula is C14H17NO4. The maximum Gasteiger partial charge on any atom is 0.310 e. The molecule has 5 nitrogen and oxygen atoms in total. The monoisotopic (exact) mass is 263 g/mol. The summed E-state index contributed by atoms with van der Waals surface area (Å²) < 4.78 is 4.68. The van der Waals surface area contributed by atoms with Crippen LogP contribution in [0.3, 0.4) is 0 Å². The molecular weight excluding hydrogens is 246 g/mol. The first-order valence-corrected chi connectivity index (χ1v) is 6.20. The van der Waals surface area contributed by atoms with Crippen molar-refractivity contribution in [3.8, 4) is 5.75 Å². The molecule has 1 fully saturated rings. The van der Waals surface area contributed by atoms with Crippen molar-refractivity contribution in [1.29, 1.82) is 0 Å². The first-order valence-electron chi connectivity index (χ1n) is 6.20. The zero-order valence-corrected chi connectivity index (χ0v) is 11.0. The van der Waals surface area contributed by atoms with Gasteiger partial charge in [-0.3, -0.25) is 9.59 Å². The molecule has 0 radical (unpaired) electrons. The van der Waals surface area contributed by atoms with Gasteiger partial charge in [-0.05, 0) is 25.0 Å². The number of phenols is 1. The Morgan fingerprint density at radius 2 is 2.16 bits per heavy atom. The van der Waals surface area contributed by atoms with Crippen LogP contribution in [0, 0.1) is 12.8 Å². The number of rotatable bonds is 2. The molecule has 1 aliphatic rings. The number of methoxy groups -OCH3 is 1. The molecule has 1 saturated heterocycles. The summed E-state index contributed by atoms with van der Waals surface area (Å²) in [4.78, 5) is 25.3. The van der Waals surface area contributed by atoms with E-state index in [1.165, 1.54) is 7.11 Å². The summed E-state index contributed by atoms with van der Waals surface area (Å²) >= 11 is 0. The lowest BCUT2D eigenvalue weighted by atomic mass is 10.1. The maximum atomic E-state index is 12.3. The molecule has 1 heterocycles. The van der Waals surface area contributed by atoms with E-state index >= 15 is 0 Å². The van der Waals surface area contributed by atoms with E-state index in [0.29, 0.717) is 25.1 Å². The van der Waals surface area contributed by atoms with Crippen LogP contribution >= 0.6 is 0 Å². The Morgan fingerprint density at radius 3 is 2.84 bits per heavy atom. The topological polar surface area (TPSA) is 66.8 Å². The van der Waals surface area contributed by atoms with Crippen LogP contribution in [0.25, 0.3) is 0 Å². The minimum Gasteiger partial charge on any atom is -0.507 e. The Kier molecular flexibility index (Phi) is 3.74. The molecule has 1 unspecified atom stereocenters. The molecule has 2 rings (SSSR count). The van der Waals surface area contributed by atoms with Gasteiger partial charge in [-0.25, -0.2) is 0 Å². The van der Waals surface area contributed by atoms with Crippen LogP contribution in [-0.2, 0) is 9.53 Å². The molecule has 0 saturated carbocycles. The van der Waals surface area contributed by atoms with Crippen molar-refractivity contribution >= 4 is 11.9 Å². The van der Waals surface area contributed by atoms with Gasteiger partial charge in [0.15, 0.2) is 0 Å². The number of esters is 1. The normalized spacial score (nSPS) is 18.4. The molecule has 1 aromatic carbocycles. The molecule has 1 amide bonds. The zero-order valence-electron chi connectivity index (χ0n) is 11.0.